The monoisotopic (exact) mass is 391 g/mol. The predicted molar refractivity (Wildman–Crippen MR) is 102 cm³/mol. The van der Waals surface area contributed by atoms with Crippen LogP contribution in [-0.2, 0) is 12.3 Å². The molecule has 1 atom stereocenters. The molecule has 136 valence electrons. The SMILES string of the molecule is CCn1c(SCc2ccc(F)cc2)nnc1C(C)Oc1ccccc1Cl. The number of aromatic nitrogens is 3. The summed E-state index contributed by atoms with van der Waals surface area (Å²) in [6.07, 6.45) is -0.289. The molecule has 2 aromatic carbocycles. The zero-order valence-corrected chi connectivity index (χ0v) is 16.1. The van der Waals surface area contributed by atoms with Gasteiger partial charge in [0.1, 0.15) is 11.6 Å². The Morgan fingerprint density at radius 1 is 1.15 bits per heavy atom. The molecule has 0 N–H and O–H groups in total. The number of hydrogen-bond donors (Lipinski definition) is 0. The number of halogens is 2. The highest BCUT2D eigenvalue weighted by Gasteiger charge is 2.19. The van der Waals surface area contributed by atoms with E-state index >= 15 is 0 Å². The number of hydrogen-bond acceptors (Lipinski definition) is 4. The van der Waals surface area contributed by atoms with E-state index in [9.17, 15) is 4.39 Å². The number of ether oxygens (including phenoxy) is 1. The fourth-order valence-corrected chi connectivity index (χ4v) is 3.66. The second-order valence-corrected chi connectivity index (χ2v) is 7.04. The lowest BCUT2D eigenvalue weighted by molar-refractivity contribution is 0.210. The van der Waals surface area contributed by atoms with E-state index in [4.69, 9.17) is 16.3 Å². The highest BCUT2D eigenvalue weighted by atomic mass is 35.5. The van der Waals surface area contributed by atoms with Crippen LogP contribution < -0.4 is 4.74 Å². The zero-order chi connectivity index (χ0) is 18.5. The maximum Gasteiger partial charge on any atom is 0.191 e. The van der Waals surface area contributed by atoms with Gasteiger partial charge in [0.2, 0.25) is 0 Å². The molecule has 0 radical (unpaired) electrons. The van der Waals surface area contributed by atoms with Crippen molar-refractivity contribution >= 4 is 23.4 Å². The van der Waals surface area contributed by atoms with E-state index in [0.29, 0.717) is 16.5 Å². The topological polar surface area (TPSA) is 39.9 Å². The summed E-state index contributed by atoms with van der Waals surface area (Å²) in [6, 6.07) is 13.8. The van der Waals surface area contributed by atoms with E-state index in [1.807, 2.05) is 36.6 Å². The molecular weight excluding hydrogens is 373 g/mol. The summed E-state index contributed by atoms with van der Waals surface area (Å²) in [6.45, 7) is 4.69. The third-order valence-corrected chi connectivity index (χ3v) is 5.20. The lowest BCUT2D eigenvalue weighted by atomic mass is 10.2. The van der Waals surface area contributed by atoms with E-state index in [1.54, 1.807) is 30.0 Å². The Labute approximate surface area is 161 Å². The first-order valence-electron chi connectivity index (χ1n) is 8.30. The molecule has 7 heteroatoms. The fourth-order valence-electron chi connectivity index (χ4n) is 2.52. The standard InChI is InChI=1S/C19H19ClFN3OS/c1-3-24-18(13(2)25-17-7-5-4-6-16(17)20)22-23-19(24)26-12-14-8-10-15(21)11-9-14/h4-11,13H,3,12H2,1-2H3. The molecule has 0 saturated heterocycles. The minimum absolute atomic E-state index is 0.233. The van der Waals surface area contributed by atoms with Crippen molar-refractivity contribution in [1.82, 2.24) is 14.8 Å². The Kier molecular flexibility index (Phi) is 6.16. The van der Waals surface area contributed by atoms with Gasteiger partial charge in [0.15, 0.2) is 17.1 Å². The molecule has 0 aliphatic heterocycles. The van der Waals surface area contributed by atoms with E-state index < -0.39 is 0 Å². The Morgan fingerprint density at radius 2 is 1.88 bits per heavy atom. The molecule has 0 saturated carbocycles. The number of thioether (sulfide) groups is 1. The van der Waals surface area contributed by atoms with Crippen molar-refractivity contribution in [2.75, 3.05) is 0 Å². The Bertz CT molecular complexity index is 869. The summed E-state index contributed by atoms with van der Waals surface area (Å²) >= 11 is 7.73. The minimum atomic E-state index is -0.289. The van der Waals surface area contributed by atoms with Crippen LogP contribution in [0.15, 0.2) is 53.7 Å². The van der Waals surface area contributed by atoms with Crippen molar-refractivity contribution in [2.45, 2.75) is 37.4 Å². The van der Waals surface area contributed by atoms with E-state index in [0.717, 1.165) is 23.1 Å². The van der Waals surface area contributed by atoms with E-state index in [1.165, 1.54) is 12.1 Å². The minimum Gasteiger partial charge on any atom is -0.481 e. The summed E-state index contributed by atoms with van der Waals surface area (Å²) in [5.74, 6) is 1.82. The molecule has 0 bridgehead atoms. The Balaban J connectivity index is 1.72. The highest BCUT2D eigenvalue weighted by Crippen LogP contribution is 2.30. The maximum atomic E-state index is 13.0. The van der Waals surface area contributed by atoms with Gasteiger partial charge in [-0.2, -0.15) is 0 Å². The quantitative estimate of drug-likeness (QED) is 0.497. The molecule has 0 aliphatic carbocycles. The number of benzene rings is 2. The van der Waals surface area contributed by atoms with Crippen molar-refractivity contribution in [1.29, 1.82) is 0 Å². The van der Waals surface area contributed by atoms with Crippen LogP contribution in [0.3, 0.4) is 0 Å². The van der Waals surface area contributed by atoms with Gasteiger partial charge in [-0.05, 0) is 43.7 Å². The van der Waals surface area contributed by atoms with Crippen molar-refractivity contribution < 1.29 is 9.13 Å². The number of nitrogens with zero attached hydrogens (tertiary/aromatic N) is 3. The molecule has 0 fully saturated rings. The molecular formula is C19H19ClFN3OS. The molecule has 3 rings (SSSR count). The van der Waals surface area contributed by atoms with Gasteiger partial charge in [-0.3, -0.25) is 0 Å². The van der Waals surface area contributed by atoms with Gasteiger partial charge >= 0.3 is 0 Å². The van der Waals surface area contributed by atoms with Crippen molar-refractivity contribution in [3.8, 4) is 5.75 Å². The van der Waals surface area contributed by atoms with E-state index in [2.05, 4.69) is 10.2 Å². The molecule has 0 amide bonds. The van der Waals surface area contributed by atoms with Crippen LogP contribution >= 0.6 is 23.4 Å². The third kappa shape index (κ3) is 4.37. The molecule has 0 aliphatic rings. The molecule has 3 aromatic rings. The molecule has 4 nitrogen and oxygen atoms in total. The summed E-state index contributed by atoms with van der Waals surface area (Å²) < 4.78 is 21.0. The normalized spacial score (nSPS) is 12.2. The van der Waals surface area contributed by atoms with Gasteiger partial charge in [-0.1, -0.05) is 47.6 Å². The van der Waals surface area contributed by atoms with Gasteiger partial charge in [-0.15, -0.1) is 10.2 Å². The molecule has 1 aromatic heterocycles. The first kappa shape index (κ1) is 18.7. The van der Waals surface area contributed by atoms with E-state index in [-0.39, 0.29) is 11.9 Å². The number of rotatable bonds is 7. The van der Waals surface area contributed by atoms with Crippen LogP contribution in [0.1, 0.15) is 31.3 Å². The molecule has 0 spiro atoms. The molecule has 26 heavy (non-hydrogen) atoms. The largest absolute Gasteiger partial charge is 0.481 e. The molecule has 1 unspecified atom stereocenters. The van der Waals surface area contributed by atoms with Gasteiger partial charge in [-0.25, -0.2) is 4.39 Å². The fraction of sp³-hybridized carbons (Fsp3) is 0.263. The Morgan fingerprint density at radius 3 is 2.58 bits per heavy atom. The van der Waals surface area contributed by atoms with Crippen LogP contribution in [0.25, 0.3) is 0 Å². The van der Waals surface area contributed by atoms with Gasteiger partial charge in [0, 0.05) is 12.3 Å². The smallest absolute Gasteiger partial charge is 0.191 e. The van der Waals surface area contributed by atoms with Crippen molar-refractivity contribution in [2.24, 2.45) is 0 Å². The second kappa shape index (κ2) is 8.56. The van der Waals surface area contributed by atoms with Gasteiger partial charge in [0.25, 0.3) is 0 Å². The zero-order valence-electron chi connectivity index (χ0n) is 14.5. The van der Waals surface area contributed by atoms with Crippen LogP contribution in [0, 0.1) is 5.82 Å². The van der Waals surface area contributed by atoms with Crippen LogP contribution in [0.2, 0.25) is 5.02 Å². The first-order valence-corrected chi connectivity index (χ1v) is 9.66. The first-order chi connectivity index (χ1) is 12.6. The predicted octanol–water partition coefficient (Wildman–Crippen LogP) is 5.52. The summed E-state index contributed by atoms with van der Waals surface area (Å²) in [5.41, 5.74) is 1.03. The van der Waals surface area contributed by atoms with Crippen molar-refractivity contribution in [3.05, 3.63) is 70.8 Å². The average molecular weight is 392 g/mol. The lowest BCUT2D eigenvalue weighted by Crippen LogP contribution is -2.12. The summed E-state index contributed by atoms with van der Waals surface area (Å²) in [5, 5.41) is 9.97. The average Bonchev–Trinajstić information content (AvgIpc) is 3.06. The van der Waals surface area contributed by atoms with Crippen LogP contribution in [0.4, 0.5) is 4.39 Å². The van der Waals surface area contributed by atoms with Crippen LogP contribution in [-0.4, -0.2) is 14.8 Å². The lowest BCUT2D eigenvalue weighted by Gasteiger charge is -2.16. The maximum absolute atomic E-state index is 13.0. The van der Waals surface area contributed by atoms with Crippen LogP contribution in [0.5, 0.6) is 5.75 Å². The second-order valence-electron chi connectivity index (χ2n) is 5.69. The number of para-hydroxylation sites is 1. The highest BCUT2D eigenvalue weighted by molar-refractivity contribution is 7.98. The summed E-state index contributed by atoms with van der Waals surface area (Å²) in [7, 11) is 0. The Hall–Kier alpha value is -2.05. The molecule has 1 heterocycles. The van der Waals surface area contributed by atoms with Gasteiger partial charge in [0.05, 0.1) is 5.02 Å². The van der Waals surface area contributed by atoms with Gasteiger partial charge < -0.3 is 9.30 Å². The summed E-state index contributed by atoms with van der Waals surface area (Å²) in [4.78, 5) is 0. The third-order valence-electron chi connectivity index (χ3n) is 3.85. The van der Waals surface area contributed by atoms with Crippen molar-refractivity contribution in [3.63, 3.8) is 0 Å².